The Morgan fingerprint density at radius 1 is 0.443 bits per heavy atom. The minimum atomic E-state index is 0. The molecule has 9 aromatic carbocycles. The minimum absolute atomic E-state index is 0. The zero-order chi connectivity index (χ0) is 54.1. The molecule has 0 fully saturated rings. The smallest absolute Gasteiger partial charge is 0.135 e. The van der Waals surface area contributed by atoms with Crippen LogP contribution in [0.2, 0.25) is 0 Å². The Morgan fingerprint density at radius 3 is 1.56 bits per heavy atom. The van der Waals surface area contributed by atoms with Crippen molar-refractivity contribution in [1.29, 1.82) is 0 Å². The first-order valence-corrected chi connectivity index (χ1v) is 27.2. The predicted octanol–water partition coefficient (Wildman–Crippen LogP) is 19.8. The number of pyridine rings is 1. The summed E-state index contributed by atoms with van der Waals surface area (Å²) in [7, 11) is 0. The van der Waals surface area contributed by atoms with Gasteiger partial charge in [0.1, 0.15) is 5.82 Å². The van der Waals surface area contributed by atoms with Crippen LogP contribution in [0, 0.1) is 25.7 Å². The number of fused-ring (bicyclic) bond motifs is 4. The molecule has 0 bridgehead atoms. The van der Waals surface area contributed by atoms with E-state index in [-0.39, 0.29) is 37.3 Å². The molecular weight excluding hydrogens is 1140 g/mol. The zero-order valence-corrected chi connectivity index (χ0v) is 49.0. The summed E-state index contributed by atoms with van der Waals surface area (Å²) in [6.07, 6.45) is 2.01. The molecule has 0 saturated heterocycles. The van der Waals surface area contributed by atoms with Crippen LogP contribution in [-0.2, 0) is 37.3 Å². The Hall–Kier alpha value is -7.98. The topological polar surface area (TPSA) is 33.5 Å². The van der Waals surface area contributed by atoms with E-state index in [0.717, 1.165) is 94.9 Å². The molecule has 0 N–H and O–H groups in total. The van der Waals surface area contributed by atoms with Crippen LogP contribution in [0.4, 0.5) is 22.7 Å². The number of ether oxygens (including phenoxy) is 1. The van der Waals surface area contributed by atoms with Crippen LogP contribution in [0.1, 0.15) is 84.6 Å². The first kappa shape index (κ1) is 53.0. The molecule has 79 heavy (non-hydrogen) atoms. The van der Waals surface area contributed by atoms with Crippen molar-refractivity contribution in [3.05, 3.63) is 247 Å². The molecule has 0 atom stereocenters. The van der Waals surface area contributed by atoms with Gasteiger partial charge in [-0.15, -0.1) is 48.1 Å². The molecule has 0 aliphatic carbocycles. The molecule has 11 aromatic rings. The van der Waals surface area contributed by atoms with Crippen molar-refractivity contribution < 1.29 is 25.8 Å². The molecule has 0 spiro atoms. The molecule has 0 amide bonds. The van der Waals surface area contributed by atoms with Crippen LogP contribution in [0.15, 0.2) is 206 Å². The molecule has 1 aliphatic heterocycles. The number of rotatable bonds is 9. The van der Waals surface area contributed by atoms with Crippen molar-refractivity contribution in [3.8, 4) is 61.8 Å². The normalized spacial score (nSPS) is 12.7. The van der Waals surface area contributed by atoms with Crippen molar-refractivity contribution in [2.24, 2.45) is 0 Å². The number of anilines is 4. The maximum absolute atomic E-state index is 6.83. The first-order chi connectivity index (χ1) is 37.5. The van der Waals surface area contributed by atoms with Gasteiger partial charge in [-0.1, -0.05) is 213 Å². The SMILES string of the molecule is Cc1cc(-n2c3[c-]c(Oc4[c-]c(N5[CH-]N(c6c(-c7ccccc7)cccc6-c6ccc(C(C)(C)C)cc6)c6ccccc65)ccc4)ccc3c3cc(-c4ccc(C(C)(C)C)cc4)ccc32)ncc1-c1ccc(C(C)(C)C)cc1.[Pt]. The summed E-state index contributed by atoms with van der Waals surface area (Å²) in [4.78, 5) is 9.75. The number of hydrogen-bond donors (Lipinski definition) is 0. The van der Waals surface area contributed by atoms with E-state index in [2.05, 4.69) is 284 Å². The average Bonchev–Trinajstić information content (AvgIpc) is 4.19. The first-order valence-electron chi connectivity index (χ1n) is 27.2. The monoisotopic (exact) mass is 1210 g/mol. The molecule has 12 rings (SSSR count). The van der Waals surface area contributed by atoms with Crippen LogP contribution in [0.5, 0.6) is 11.5 Å². The van der Waals surface area contributed by atoms with Gasteiger partial charge in [-0.3, -0.25) is 0 Å². The Kier molecular flexibility index (Phi) is 13.9. The maximum atomic E-state index is 6.83. The Morgan fingerprint density at radius 2 is 0.962 bits per heavy atom. The summed E-state index contributed by atoms with van der Waals surface area (Å²) in [5.41, 5.74) is 20.4. The van der Waals surface area contributed by atoms with E-state index >= 15 is 0 Å². The van der Waals surface area contributed by atoms with Gasteiger partial charge in [-0.05, 0) is 103 Å². The van der Waals surface area contributed by atoms with Gasteiger partial charge in [-0.2, -0.15) is 12.1 Å². The second-order valence-electron chi connectivity index (χ2n) is 23.9. The van der Waals surface area contributed by atoms with Crippen LogP contribution in [0.3, 0.4) is 0 Å². The quantitative estimate of drug-likeness (QED) is 0.135. The molecule has 6 heteroatoms. The van der Waals surface area contributed by atoms with E-state index in [1.807, 2.05) is 24.4 Å². The average molecular weight is 1210 g/mol. The summed E-state index contributed by atoms with van der Waals surface area (Å²) < 4.78 is 9.06. The van der Waals surface area contributed by atoms with Crippen molar-refractivity contribution >= 4 is 44.6 Å². The van der Waals surface area contributed by atoms with Crippen LogP contribution in [-0.4, -0.2) is 9.55 Å². The number of nitrogens with zero attached hydrogens (tertiary/aromatic N) is 4. The molecule has 5 nitrogen and oxygen atoms in total. The fraction of sp³-hybridized carbons (Fsp3) is 0.178. The van der Waals surface area contributed by atoms with E-state index in [1.165, 1.54) is 22.3 Å². The number of para-hydroxylation sites is 3. The summed E-state index contributed by atoms with van der Waals surface area (Å²) in [5, 5.41) is 2.18. The largest absolute Gasteiger partial charge is 0.509 e. The molecule has 0 saturated carbocycles. The van der Waals surface area contributed by atoms with Crippen molar-refractivity contribution in [3.63, 3.8) is 0 Å². The van der Waals surface area contributed by atoms with Crippen molar-refractivity contribution in [2.45, 2.75) is 85.5 Å². The van der Waals surface area contributed by atoms with E-state index in [4.69, 9.17) is 9.72 Å². The van der Waals surface area contributed by atoms with Gasteiger partial charge in [0, 0.05) is 78.0 Å². The maximum Gasteiger partial charge on any atom is 0.135 e. The van der Waals surface area contributed by atoms with Gasteiger partial charge in [-0.25, -0.2) is 4.98 Å². The summed E-state index contributed by atoms with van der Waals surface area (Å²) in [5.74, 6) is 1.98. The van der Waals surface area contributed by atoms with Crippen molar-refractivity contribution in [2.75, 3.05) is 9.80 Å². The minimum Gasteiger partial charge on any atom is -0.509 e. The van der Waals surface area contributed by atoms with Gasteiger partial charge in [0.15, 0.2) is 0 Å². The van der Waals surface area contributed by atoms with Gasteiger partial charge in [0.25, 0.3) is 0 Å². The second-order valence-corrected chi connectivity index (χ2v) is 23.9. The Balaban J connectivity index is 0.00000660. The summed E-state index contributed by atoms with van der Waals surface area (Å²) in [6, 6.07) is 79.5. The summed E-state index contributed by atoms with van der Waals surface area (Å²) in [6.45, 7) is 24.7. The number of hydrogen-bond acceptors (Lipinski definition) is 4. The van der Waals surface area contributed by atoms with Crippen molar-refractivity contribution in [1.82, 2.24) is 9.55 Å². The predicted molar refractivity (Wildman–Crippen MR) is 327 cm³/mol. The number of benzene rings is 9. The Bertz CT molecular complexity index is 4020. The second kappa shape index (κ2) is 20.7. The van der Waals surface area contributed by atoms with Crippen LogP contribution >= 0.6 is 0 Å². The molecule has 3 heterocycles. The standard InChI is InChI=1S/C73H65N4O.Pt/c1-48-42-69(74-46-64(48)52-30-37-56(38-31-52)73(8,9)10)77-65-41-32-53(49-26-33-54(34-27-49)71(2,3)4)43-63(65)62-40-39-59(45-68(62)77)78-58-21-16-20-57(44-58)75-47-76(67-25-15-14-24-66(67)75)70-60(50-18-12-11-13-19-50)22-17-23-61(70)51-28-35-55(36-29-51)72(5,6)7;/h11-43,46-47H,1-10H3;/q-3;. The molecule has 396 valence electrons. The zero-order valence-electron chi connectivity index (χ0n) is 46.7. The molecular formula is C73H65N4OPt-3. The van der Waals surface area contributed by atoms with E-state index in [1.54, 1.807) is 0 Å². The van der Waals surface area contributed by atoms with Gasteiger partial charge < -0.3 is 19.1 Å². The number of aromatic nitrogens is 2. The third-order valence-corrected chi connectivity index (χ3v) is 15.4. The van der Waals surface area contributed by atoms with Crippen LogP contribution < -0.4 is 14.5 Å². The fourth-order valence-corrected chi connectivity index (χ4v) is 11.0. The summed E-state index contributed by atoms with van der Waals surface area (Å²) >= 11 is 0. The third kappa shape index (κ3) is 10.2. The van der Waals surface area contributed by atoms with Gasteiger partial charge in [0.2, 0.25) is 0 Å². The molecule has 1 aliphatic rings. The molecule has 0 unspecified atom stereocenters. The third-order valence-electron chi connectivity index (χ3n) is 15.4. The van der Waals surface area contributed by atoms with Gasteiger partial charge in [0.05, 0.1) is 0 Å². The van der Waals surface area contributed by atoms with E-state index < -0.39 is 0 Å². The molecule has 0 radical (unpaired) electrons. The Labute approximate surface area is 481 Å². The van der Waals surface area contributed by atoms with E-state index in [9.17, 15) is 0 Å². The van der Waals surface area contributed by atoms with E-state index in [0.29, 0.717) is 11.5 Å². The molecule has 2 aromatic heterocycles. The number of aryl methyl sites for hydroxylation is 1. The fourth-order valence-electron chi connectivity index (χ4n) is 11.0. The van der Waals surface area contributed by atoms with Gasteiger partial charge >= 0.3 is 0 Å². The van der Waals surface area contributed by atoms with Crippen LogP contribution in [0.25, 0.3) is 72.1 Å².